The van der Waals surface area contributed by atoms with Crippen LogP contribution in [-0.4, -0.2) is 0 Å². The Morgan fingerprint density at radius 2 is 1.00 bits per heavy atom. The monoisotopic (exact) mass is 246 g/mol. The van der Waals surface area contributed by atoms with Crippen molar-refractivity contribution < 1.29 is 0 Å². The fourth-order valence-corrected chi connectivity index (χ4v) is 7.27. The number of rotatable bonds is 0. The molecule has 102 valence electrons. The first kappa shape index (κ1) is 11.8. The number of hydrogen-bond donors (Lipinski definition) is 0. The van der Waals surface area contributed by atoms with Gasteiger partial charge in [-0.2, -0.15) is 0 Å². The van der Waals surface area contributed by atoms with Crippen LogP contribution in [0, 0.1) is 33.5 Å². The average molecular weight is 246 g/mol. The predicted molar refractivity (Wildman–Crippen MR) is 76.3 cm³/mol. The minimum absolute atomic E-state index is 0.694. The third-order valence-corrected chi connectivity index (χ3v) is 7.96. The van der Waals surface area contributed by atoms with Crippen molar-refractivity contribution in [3.63, 3.8) is 0 Å². The molecule has 0 aromatic heterocycles. The lowest BCUT2D eigenvalue weighted by molar-refractivity contribution is -0.201. The average Bonchev–Trinajstić information content (AvgIpc) is 2.26. The molecule has 4 fully saturated rings. The van der Waals surface area contributed by atoms with E-state index in [0.717, 1.165) is 11.8 Å². The van der Waals surface area contributed by atoms with Crippen LogP contribution in [0.5, 0.6) is 0 Å². The molecule has 0 saturated heterocycles. The van der Waals surface area contributed by atoms with Crippen LogP contribution in [0.4, 0.5) is 0 Å². The Labute approximate surface area is 113 Å². The lowest BCUT2D eigenvalue weighted by Crippen LogP contribution is -2.61. The van der Waals surface area contributed by atoms with Crippen molar-refractivity contribution in [3.05, 3.63) is 0 Å². The van der Waals surface area contributed by atoms with Crippen molar-refractivity contribution >= 4 is 0 Å². The van der Waals surface area contributed by atoms with Crippen LogP contribution in [0.15, 0.2) is 0 Å². The largest absolute Gasteiger partial charge is 0.0596 e. The maximum atomic E-state index is 2.65. The molecule has 0 aromatic rings. The van der Waals surface area contributed by atoms with E-state index in [0.29, 0.717) is 21.7 Å². The Hall–Kier alpha value is 0. The summed E-state index contributed by atoms with van der Waals surface area (Å²) in [5, 5.41) is 0. The maximum Gasteiger partial charge on any atom is -0.0289 e. The molecule has 0 N–H and O–H groups in total. The summed E-state index contributed by atoms with van der Waals surface area (Å²) >= 11 is 0. The van der Waals surface area contributed by atoms with E-state index in [1.807, 2.05) is 0 Å². The molecule has 0 amide bonds. The summed E-state index contributed by atoms with van der Waals surface area (Å²) in [5.41, 5.74) is 2.78. The molecule has 0 aromatic carbocycles. The third kappa shape index (κ3) is 1.33. The van der Waals surface area contributed by atoms with Gasteiger partial charge in [-0.25, -0.2) is 0 Å². The van der Waals surface area contributed by atoms with Crippen molar-refractivity contribution in [1.82, 2.24) is 0 Å². The lowest BCUT2D eigenvalue weighted by atomic mass is 9.35. The van der Waals surface area contributed by atoms with Crippen molar-refractivity contribution in [2.24, 2.45) is 33.5 Å². The Balaban J connectivity index is 1.84. The molecule has 4 rings (SSSR count). The number of fused-ring (bicyclic) bond motifs is 2. The first-order chi connectivity index (χ1) is 8.26. The van der Waals surface area contributed by atoms with Gasteiger partial charge in [-0.15, -0.1) is 0 Å². The molecular formula is C18H30. The van der Waals surface area contributed by atoms with E-state index in [1.165, 1.54) is 38.5 Å². The molecule has 0 spiro atoms. The quantitative estimate of drug-likeness (QED) is 0.535. The van der Waals surface area contributed by atoms with Crippen molar-refractivity contribution in [3.8, 4) is 0 Å². The van der Waals surface area contributed by atoms with Gasteiger partial charge in [-0.05, 0) is 84.9 Å². The fraction of sp³-hybridized carbons (Fsp3) is 1.00. The van der Waals surface area contributed by atoms with Gasteiger partial charge in [0.1, 0.15) is 0 Å². The van der Waals surface area contributed by atoms with Crippen LogP contribution in [0.2, 0.25) is 0 Å². The van der Waals surface area contributed by atoms with Crippen LogP contribution < -0.4 is 0 Å². The normalized spacial score (nSPS) is 66.0. The van der Waals surface area contributed by atoms with E-state index < -0.39 is 0 Å². The van der Waals surface area contributed by atoms with Crippen LogP contribution in [0.1, 0.15) is 79.1 Å². The standard InChI is InChI=1S/C18H30/c1-15-5-7-18(4)12-16(2)6-8-17(3,11-15)14(10-16)13(18)9-15/h13-14H,5-12H2,1-4H3. The smallest absolute Gasteiger partial charge is 0.0289 e. The Bertz CT molecular complexity index is 361. The van der Waals surface area contributed by atoms with Gasteiger partial charge >= 0.3 is 0 Å². The van der Waals surface area contributed by atoms with Crippen molar-refractivity contribution in [2.45, 2.75) is 79.1 Å². The predicted octanol–water partition coefficient (Wildman–Crippen LogP) is 5.42. The molecule has 4 bridgehead atoms. The van der Waals surface area contributed by atoms with Gasteiger partial charge in [0, 0.05) is 0 Å². The minimum atomic E-state index is 0.694. The molecule has 0 radical (unpaired) electrons. The molecule has 4 aliphatic rings. The van der Waals surface area contributed by atoms with Gasteiger partial charge in [-0.1, -0.05) is 27.7 Å². The topological polar surface area (TPSA) is 0 Å². The van der Waals surface area contributed by atoms with E-state index in [4.69, 9.17) is 0 Å². The zero-order chi connectivity index (χ0) is 12.8. The summed E-state index contributed by atoms with van der Waals surface area (Å²) in [7, 11) is 0. The molecule has 6 atom stereocenters. The molecular weight excluding hydrogens is 216 g/mol. The molecule has 6 unspecified atom stereocenters. The zero-order valence-electron chi connectivity index (χ0n) is 12.8. The molecule has 18 heavy (non-hydrogen) atoms. The van der Waals surface area contributed by atoms with Crippen molar-refractivity contribution in [2.75, 3.05) is 0 Å². The van der Waals surface area contributed by atoms with Crippen LogP contribution in [0.3, 0.4) is 0 Å². The highest BCUT2D eigenvalue weighted by atomic mass is 14.7. The maximum absolute atomic E-state index is 2.65. The lowest BCUT2D eigenvalue weighted by Gasteiger charge is -2.70. The van der Waals surface area contributed by atoms with Gasteiger partial charge in [0.15, 0.2) is 0 Å². The van der Waals surface area contributed by atoms with E-state index in [2.05, 4.69) is 27.7 Å². The van der Waals surface area contributed by atoms with Crippen LogP contribution in [0.25, 0.3) is 0 Å². The molecule has 0 heteroatoms. The fourth-order valence-electron chi connectivity index (χ4n) is 7.27. The molecule has 4 aliphatic carbocycles. The molecule has 0 aliphatic heterocycles. The van der Waals surface area contributed by atoms with Gasteiger partial charge in [0.05, 0.1) is 0 Å². The Kier molecular flexibility index (Phi) is 1.98. The van der Waals surface area contributed by atoms with Crippen molar-refractivity contribution in [1.29, 1.82) is 0 Å². The zero-order valence-corrected chi connectivity index (χ0v) is 12.8. The van der Waals surface area contributed by atoms with Gasteiger partial charge in [-0.3, -0.25) is 0 Å². The highest BCUT2D eigenvalue weighted by Crippen LogP contribution is 2.73. The summed E-state index contributed by atoms with van der Waals surface area (Å²) in [6.45, 7) is 10.5. The summed E-state index contributed by atoms with van der Waals surface area (Å²) in [6, 6.07) is 0. The highest BCUT2D eigenvalue weighted by molar-refractivity contribution is 5.14. The summed E-state index contributed by atoms with van der Waals surface area (Å²) in [4.78, 5) is 0. The summed E-state index contributed by atoms with van der Waals surface area (Å²) in [6.07, 6.45) is 12.3. The van der Waals surface area contributed by atoms with Crippen LogP contribution in [-0.2, 0) is 0 Å². The third-order valence-electron chi connectivity index (χ3n) is 7.96. The van der Waals surface area contributed by atoms with E-state index in [9.17, 15) is 0 Å². The number of hydrogen-bond acceptors (Lipinski definition) is 0. The second kappa shape index (κ2) is 3.01. The minimum Gasteiger partial charge on any atom is -0.0596 e. The second-order valence-electron chi connectivity index (χ2n) is 9.90. The van der Waals surface area contributed by atoms with E-state index in [-0.39, 0.29) is 0 Å². The summed E-state index contributed by atoms with van der Waals surface area (Å²) in [5.74, 6) is 2.12. The van der Waals surface area contributed by atoms with E-state index in [1.54, 1.807) is 12.8 Å². The van der Waals surface area contributed by atoms with Gasteiger partial charge in [0.25, 0.3) is 0 Å². The Morgan fingerprint density at radius 1 is 0.611 bits per heavy atom. The van der Waals surface area contributed by atoms with E-state index >= 15 is 0 Å². The van der Waals surface area contributed by atoms with Gasteiger partial charge in [0.2, 0.25) is 0 Å². The highest BCUT2D eigenvalue weighted by Gasteiger charge is 2.64. The SMILES string of the molecule is CC12CCC3(C)CC4(C)CCC(C)(C1)C(C4)C3C2. The van der Waals surface area contributed by atoms with Crippen LogP contribution >= 0.6 is 0 Å². The first-order valence-electron chi connectivity index (χ1n) is 8.26. The first-order valence-corrected chi connectivity index (χ1v) is 8.26. The summed E-state index contributed by atoms with van der Waals surface area (Å²) < 4.78 is 0. The molecule has 0 heterocycles. The molecule has 4 saturated carbocycles. The molecule has 0 nitrogen and oxygen atoms in total. The second-order valence-corrected chi connectivity index (χ2v) is 9.90. The Morgan fingerprint density at radius 3 is 1.39 bits per heavy atom. The van der Waals surface area contributed by atoms with Gasteiger partial charge < -0.3 is 0 Å².